The van der Waals surface area contributed by atoms with Gasteiger partial charge in [0.25, 0.3) is 0 Å². The molecule has 1 aromatic carbocycles. The Morgan fingerprint density at radius 3 is 2.60 bits per heavy atom. The molecule has 0 aliphatic rings. The highest BCUT2D eigenvalue weighted by Crippen LogP contribution is 2.19. The lowest BCUT2D eigenvalue weighted by Gasteiger charge is -2.21. The number of nitrogens with two attached hydrogens (primary N) is 1. The number of aryl methyl sites for hydroxylation is 1. The van der Waals surface area contributed by atoms with Crippen LogP contribution in [-0.2, 0) is 11.2 Å². The van der Waals surface area contributed by atoms with Crippen molar-refractivity contribution >= 4 is 0 Å². The van der Waals surface area contributed by atoms with Gasteiger partial charge in [0.15, 0.2) is 0 Å². The molecular formula is C13H21NO. The van der Waals surface area contributed by atoms with Crippen LogP contribution in [0.15, 0.2) is 24.3 Å². The van der Waals surface area contributed by atoms with E-state index in [0.29, 0.717) is 0 Å². The van der Waals surface area contributed by atoms with Gasteiger partial charge in [-0.1, -0.05) is 38.1 Å². The Labute approximate surface area is 92.4 Å². The van der Waals surface area contributed by atoms with Crippen LogP contribution in [0.4, 0.5) is 0 Å². The minimum absolute atomic E-state index is 0.0218. The van der Waals surface area contributed by atoms with Gasteiger partial charge in [-0.15, -0.1) is 0 Å². The largest absolute Gasteiger partial charge is 0.379 e. The fourth-order valence-electron chi connectivity index (χ4n) is 1.80. The van der Waals surface area contributed by atoms with E-state index in [4.69, 9.17) is 10.5 Å². The highest BCUT2D eigenvalue weighted by Gasteiger charge is 2.16. The van der Waals surface area contributed by atoms with Crippen LogP contribution < -0.4 is 5.73 Å². The number of benzene rings is 1. The Kier molecular flexibility index (Phi) is 4.79. The number of hydrogen-bond acceptors (Lipinski definition) is 2. The van der Waals surface area contributed by atoms with E-state index in [9.17, 15) is 0 Å². The molecule has 0 spiro atoms. The van der Waals surface area contributed by atoms with E-state index in [0.717, 1.165) is 12.8 Å². The molecule has 0 aliphatic carbocycles. The minimum Gasteiger partial charge on any atom is -0.379 e. The molecular weight excluding hydrogens is 186 g/mol. The van der Waals surface area contributed by atoms with E-state index >= 15 is 0 Å². The summed E-state index contributed by atoms with van der Waals surface area (Å²) in [5.41, 5.74) is 8.66. The van der Waals surface area contributed by atoms with Gasteiger partial charge >= 0.3 is 0 Å². The van der Waals surface area contributed by atoms with Gasteiger partial charge in [-0.2, -0.15) is 0 Å². The van der Waals surface area contributed by atoms with E-state index in [-0.39, 0.29) is 12.1 Å². The van der Waals surface area contributed by atoms with Crippen molar-refractivity contribution < 1.29 is 4.74 Å². The van der Waals surface area contributed by atoms with Crippen LogP contribution in [0.1, 0.15) is 37.4 Å². The molecule has 0 heterocycles. The van der Waals surface area contributed by atoms with Gasteiger partial charge in [0.1, 0.15) is 0 Å². The highest BCUT2D eigenvalue weighted by molar-refractivity contribution is 5.26. The molecule has 0 saturated carbocycles. The predicted molar refractivity (Wildman–Crippen MR) is 63.8 cm³/mol. The number of methoxy groups -OCH3 is 1. The number of hydrogen-bond donors (Lipinski definition) is 1. The second-order valence-electron chi connectivity index (χ2n) is 3.81. The van der Waals surface area contributed by atoms with Crippen LogP contribution in [0, 0.1) is 0 Å². The molecule has 0 fully saturated rings. The zero-order valence-corrected chi connectivity index (χ0v) is 9.86. The molecule has 0 aromatic heterocycles. The molecule has 0 saturated heterocycles. The third kappa shape index (κ3) is 3.05. The molecule has 84 valence electrons. The van der Waals surface area contributed by atoms with Crippen molar-refractivity contribution in [2.45, 2.75) is 38.8 Å². The Hall–Kier alpha value is -0.860. The quantitative estimate of drug-likeness (QED) is 0.805. The summed E-state index contributed by atoms with van der Waals surface area (Å²) in [6, 6.07) is 8.42. The fraction of sp³-hybridized carbons (Fsp3) is 0.538. The lowest BCUT2D eigenvalue weighted by Crippen LogP contribution is -2.27. The summed E-state index contributed by atoms with van der Waals surface area (Å²) in [7, 11) is 1.72. The Morgan fingerprint density at radius 1 is 1.33 bits per heavy atom. The smallest absolute Gasteiger partial charge is 0.0761 e. The van der Waals surface area contributed by atoms with Crippen LogP contribution in [0.5, 0.6) is 0 Å². The van der Waals surface area contributed by atoms with Crippen LogP contribution in [0.3, 0.4) is 0 Å². The minimum atomic E-state index is -0.0218. The molecule has 0 bridgehead atoms. The average molecular weight is 207 g/mol. The van der Waals surface area contributed by atoms with Crippen molar-refractivity contribution in [3.8, 4) is 0 Å². The van der Waals surface area contributed by atoms with Gasteiger partial charge in [-0.05, 0) is 24.0 Å². The fourth-order valence-corrected chi connectivity index (χ4v) is 1.80. The Bertz CT molecular complexity index is 294. The van der Waals surface area contributed by atoms with Crippen molar-refractivity contribution in [1.29, 1.82) is 0 Å². The monoisotopic (exact) mass is 207 g/mol. The van der Waals surface area contributed by atoms with Crippen LogP contribution in [-0.4, -0.2) is 13.2 Å². The molecule has 2 N–H and O–H groups in total. The first kappa shape index (κ1) is 12.2. The summed E-state index contributed by atoms with van der Waals surface area (Å²) in [4.78, 5) is 0. The topological polar surface area (TPSA) is 35.2 Å². The highest BCUT2D eigenvalue weighted by atomic mass is 16.5. The van der Waals surface area contributed by atoms with Gasteiger partial charge in [-0.25, -0.2) is 0 Å². The second-order valence-corrected chi connectivity index (χ2v) is 3.81. The molecule has 1 aromatic rings. The van der Waals surface area contributed by atoms with Gasteiger partial charge in [0.2, 0.25) is 0 Å². The van der Waals surface area contributed by atoms with E-state index in [2.05, 4.69) is 38.1 Å². The van der Waals surface area contributed by atoms with Crippen molar-refractivity contribution in [2.75, 3.05) is 7.11 Å². The molecule has 2 nitrogen and oxygen atoms in total. The summed E-state index contributed by atoms with van der Waals surface area (Å²) in [5, 5.41) is 0. The molecule has 0 amide bonds. The van der Waals surface area contributed by atoms with Crippen LogP contribution in [0.25, 0.3) is 0 Å². The van der Waals surface area contributed by atoms with Crippen LogP contribution in [0.2, 0.25) is 0 Å². The molecule has 15 heavy (non-hydrogen) atoms. The zero-order valence-electron chi connectivity index (χ0n) is 9.86. The zero-order chi connectivity index (χ0) is 11.3. The summed E-state index contributed by atoms with van der Waals surface area (Å²) < 4.78 is 5.36. The summed E-state index contributed by atoms with van der Waals surface area (Å²) in [6.07, 6.45) is 2.09. The molecule has 2 unspecified atom stereocenters. The Balaban J connectivity index is 2.84. The second kappa shape index (κ2) is 5.89. The standard InChI is InChI=1S/C13H21NO/c1-4-10-7-6-8-11(9-10)13(14)12(5-2)15-3/h6-9,12-13H,4-5,14H2,1-3H3. The normalized spacial score (nSPS) is 14.9. The summed E-state index contributed by atoms with van der Waals surface area (Å²) in [6.45, 7) is 4.25. The third-order valence-corrected chi connectivity index (χ3v) is 2.85. The van der Waals surface area contributed by atoms with Crippen molar-refractivity contribution in [1.82, 2.24) is 0 Å². The van der Waals surface area contributed by atoms with Crippen LogP contribution >= 0.6 is 0 Å². The van der Waals surface area contributed by atoms with Gasteiger partial charge in [0.05, 0.1) is 12.1 Å². The molecule has 2 heteroatoms. The maximum absolute atomic E-state index is 6.16. The van der Waals surface area contributed by atoms with Crippen molar-refractivity contribution in [3.63, 3.8) is 0 Å². The maximum Gasteiger partial charge on any atom is 0.0761 e. The van der Waals surface area contributed by atoms with Gasteiger partial charge in [-0.3, -0.25) is 0 Å². The first-order chi connectivity index (χ1) is 7.22. The SMILES string of the molecule is CCc1cccc(C(N)C(CC)OC)c1. The number of rotatable bonds is 5. The van der Waals surface area contributed by atoms with E-state index in [1.165, 1.54) is 11.1 Å². The molecule has 0 aliphatic heterocycles. The first-order valence-corrected chi connectivity index (χ1v) is 5.60. The number of ether oxygens (including phenoxy) is 1. The third-order valence-electron chi connectivity index (χ3n) is 2.85. The van der Waals surface area contributed by atoms with E-state index < -0.39 is 0 Å². The van der Waals surface area contributed by atoms with E-state index in [1.54, 1.807) is 7.11 Å². The maximum atomic E-state index is 6.16. The molecule has 0 radical (unpaired) electrons. The van der Waals surface area contributed by atoms with Crippen molar-refractivity contribution in [2.24, 2.45) is 5.73 Å². The average Bonchev–Trinajstić information content (AvgIpc) is 2.30. The predicted octanol–water partition coefficient (Wildman–Crippen LogP) is 2.67. The van der Waals surface area contributed by atoms with Gasteiger partial charge in [0, 0.05) is 7.11 Å². The summed E-state index contributed by atoms with van der Waals surface area (Å²) >= 11 is 0. The molecule has 2 atom stereocenters. The van der Waals surface area contributed by atoms with Crippen molar-refractivity contribution in [3.05, 3.63) is 35.4 Å². The molecule has 1 rings (SSSR count). The van der Waals surface area contributed by atoms with E-state index in [1.807, 2.05) is 0 Å². The van der Waals surface area contributed by atoms with Gasteiger partial charge < -0.3 is 10.5 Å². The first-order valence-electron chi connectivity index (χ1n) is 5.60. The Morgan fingerprint density at radius 2 is 2.07 bits per heavy atom. The summed E-state index contributed by atoms with van der Waals surface area (Å²) in [5.74, 6) is 0. The lowest BCUT2D eigenvalue weighted by atomic mass is 9.98. The lowest BCUT2D eigenvalue weighted by molar-refractivity contribution is 0.0772.